The number of para-hydroxylation sites is 2. The highest BCUT2D eigenvalue weighted by atomic mass is 79.9. The van der Waals surface area contributed by atoms with Gasteiger partial charge in [-0.2, -0.15) is 9.78 Å². The Bertz CT molecular complexity index is 2230. The van der Waals surface area contributed by atoms with Crippen LogP contribution in [0.3, 0.4) is 0 Å². The first kappa shape index (κ1) is 31.4. The standard InChI is InChI=1S/C36H28BrFN4O5/c1-3-9-23-16-22(17-31(45-4-2)34(23)46-21-33(43)40-29-13-8-6-11-27(29)38)20-39-42-35(41-28-12-7-5-10-26(28)36(42)44)32-19-24-18-25(37)14-15-30(24)47-32/h3,5-8,10-20H,1,4,9,21H2,2H3,(H,40,43). The van der Waals surface area contributed by atoms with Crippen molar-refractivity contribution in [3.8, 4) is 23.1 Å². The lowest BCUT2D eigenvalue weighted by atomic mass is 10.1. The molecule has 0 aliphatic heterocycles. The SMILES string of the molecule is C=CCc1cc(C=Nn2c(-c3cc4cc(Br)ccc4o3)nc3ccccc3c2=O)cc(OCC)c1OCC(=O)Nc1ccccc1F. The number of nitrogens with one attached hydrogen (secondary N) is 1. The van der Waals surface area contributed by atoms with E-state index in [1.54, 1.807) is 42.5 Å². The van der Waals surface area contributed by atoms with Crippen LogP contribution >= 0.6 is 15.9 Å². The molecule has 0 spiro atoms. The molecule has 6 rings (SSSR count). The number of halogens is 2. The Morgan fingerprint density at radius 1 is 1.09 bits per heavy atom. The fourth-order valence-electron chi connectivity index (χ4n) is 5.02. The Labute approximate surface area is 277 Å². The molecule has 0 radical (unpaired) electrons. The predicted octanol–water partition coefficient (Wildman–Crippen LogP) is 7.74. The summed E-state index contributed by atoms with van der Waals surface area (Å²) in [6.45, 7) is 5.59. The van der Waals surface area contributed by atoms with E-state index in [-0.39, 0.29) is 23.7 Å². The van der Waals surface area contributed by atoms with Crippen molar-refractivity contribution < 1.29 is 23.1 Å². The molecule has 1 N–H and O–H groups in total. The molecule has 9 nitrogen and oxygen atoms in total. The lowest BCUT2D eigenvalue weighted by Gasteiger charge is -2.17. The number of aromatic nitrogens is 2. The first-order valence-corrected chi connectivity index (χ1v) is 15.5. The topological polar surface area (TPSA) is 108 Å². The van der Waals surface area contributed by atoms with Crippen molar-refractivity contribution in [2.75, 3.05) is 18.5 Å². The minimum absolute atomic E-state index is 0.0531. The third-order valence-corrected chi connectivity index (χ3v) is 7.58. The summed E-state index contributed by atoms with van der Waals surface area (Å²) in [4.78, 5) is 31.1. The normalized spacial score (nSPS) is 11.3. The van der Waals surface area contributed by atoms with Crippen molar-refractivity contribution >= 4 is 55.6 Å². The third-order valence-electron chi connectivity index (χ3n) is 7.09. The number of carbonyl (C=O) groups is 1. The number of hydrogen-bond acceptors (Lipinski definition) is 7. The second kappa shape index (κ2) is 13.8. The van der Waals surface area contributed by atoms with E-state index in [9.17, 15) is 14.0 Å². The number of ether oxygens (including phenoxy) is 2. The second-order valence-corrected chi connectivity index (χ2v) is 11.3. The molecular weight excluding hydrogens is 667 g/mol. The molecule has 0 saturated carbocycles. The minimum atomic E-state index is -0.552. The zero-order valence-electron chi connectivity index (χ0n) is 25.2. The average molecular weight is 696 g/mol. The molecule has 4 aromatic carbocycles. The van der Waals surface area contributed by atoms with Gasteiger partial charge in [-0.1, -0.05) is 46.3 Å². The highest BCUT2D eigenvalue weighted by molar-refractivity contribution is 9.10. The molecule has 11 heteroatoms. The van der Waals surface area contributed by atoms with E-state index in [0.29, 0.717) is 57.9 Å². The maximum Gasteiger partial charge on any atom is 0.282 e. The van der Waals surface area contributed by atoms with Gasteiger partial charge in [-0.25, -0.2) is 9.37 Å². The van der Waals surface area contributed by atoms with Crippen LogP contribution in [0.4, 0.5) is 10.1 Å². The summed E-state index contributed by atoms with van der Waals surface area (Å²) in [7, 11) is 0. The maximum absolute atomic E-state index is 14.0. The molecule has 2 heterocycles. The van der Waals surface area contributed by atoms with Gasteiger partial charge in [0.15, 0.2) is 23.9 Å². The van der Waals surface area contributed by atoms with Crippen molar-refractivity contribution in [1.29, 1.82) is 0 Å². The van der Waals surface area contributed by atoms with Crippen LogP contribution in [0.1, 0.15) is 18.1 Å². The molecular formula is C36H28BrFN4O5. The Hall–Kier alpha value is -5.55. The van der Waals surface area contributed by atoms with Gasteiger partial charge in [0.1, 0.15) is 11.4 Å². The van der Waals surface area contributed by atoms with E-state index in [2.05, 4.69) is 32.9 Å². The molecule has 0 atom stereocenters. The summed E-state index contributed by atoms with van der Waals surface area (Å²) in [5, 5.41) is 8.32. The van der Waals surface area contributed by atoms with Crippen LogP contribution in [0.5, 0.6) is 11.5 Å². The van der Waals surface area contributed by atoms with Gasteiger partial charge in [-0.05, 0) is 79.6 Å². The Morgan fingerprint density at radius 3 is 2.70 bits per heavy atom. The number of fused-ring (bicyclic) bond motifs is 2. The molecule has 236 valence electrons. The van der Waals surface area contributed by atoms with Crippen molar-refractivity contribution in [2.45, 2.75) is 13.3 Å². The van der Waals surface area contributed by atoms with Gasteiger partial charge in [-0.3, -0.25) is 9.59 Å². The van der Waals surface area contributed by atoms with Crippen LogP contribution < -0.4 is 20.3 Å². The van der Waals surface area contributed by atoms with E-state index in [0.717, 1.165) is 9.86 Å². The fraction of sp³-hybridized carbons (Fsp3) is 0.111. The molecule has 0 aliphatic rings. The highest BCUT2D eigenvalue weighted by Crippen LogP contribution is 2.34. The summed E-state index contributed by atoms with van der Waals surface area (Å²) < 4.78 is 34.0. The molecule has 0 aliphatic carbocycles. The van der Waals surface area contributed by atoms with E-state index in [4.69, 9.17) is 18.9 Å². The number of allylic oxidation sites excluding steroid dienone is 1. The molecule has 0 unspecified atom stereocenters. The lowest BCUT2D eigenvalue weighted by Crippen LogP contribution is -2.21. The molecule has 1 amide bonds. The number of nitrogens with zero attached hydrogens (tertiary/aromatic N) is 3. The van der Waals surface area contributed by atoms with Gasteiger partial charge in [-0.15, -0.1) is 6.58 Å². The molecule has 0 saturated heterocycles. The Kier molecular flexibility index (Phi) is 9.25. The minimum Gasteiger partial charge on any atom is -0.490 e. The maximum atomic E-state index is 14.0. The lowest BCUT2D eigenvalue weighted by molar-refractivity contribution is -0.118. The number of rotatable bonds is 11. The van der Waals surface area contributed by atoms with Crippen molar-refractivity contribution in [3.63, 3.8) is 0 Å². The van der Waals surface area contributed by atoms with Gasteiger partial charge in [0.2, 0.25) is 5.82 Å². The van der Waals surface area contributed by atoms with Crippen LogP contribution in [-0.4, -0.2) is 35.0 Å². The third kappa shape index (κ3) is 6.85. The molecule has 2 aromatic heterocycles. The van der Waals surface area contributed by atoms with Crippen LogP contribution in [0.15, 0.2) is 116 Å². The highest BCUT2D eigenvalue weighted by Gasteiger charge is 2.18. The van der Waals surface area contributed by atoms with E-state index in [1.807, 2.05) is 37.3 Å². The summed E-state index contributed by atoms with van der Waals surface area (Å²) >= 11 is 3.48. The van der Waals surface area contributed by atoms with Crippen LogP contribution in [0.2, 0.25) is 0 Å². The van der Waals surface area contributed by atoms with Crippen LogP contribution in [0, 0.1) is 5.82 Å². The monoisotopic (exact) mass is 694 g/mol. The Balaban J connectivity index is 1.37. The second-order valence-electron chi connectivity index (χ2n) is 10.4. The van der Waals surface area contributed by atoms with Gasteiger partial charge in [0.05, 0.1) is 29.4 Å². The van der Waals surface area contributed by atoms with Gasteiger partial charge in [0, 0.05) is 15.4 Å². The molecule has 47 heavy (non-hydrogen) atoms. The molecule has 0 fully saturated rings. The summed E-state index contributed by atoms with van der Waals surface area (Å²) in [5.74, 6) is 0.211. The number of carbonyl (C=O) groups excluding carboxylic acids is 1. The first-order valence-electron chi connectivity index (χ1n) is 14.7. The number of furan rings is 1. The van der Waals surface area contributed by atoms with Crippen molar-refractivity contribution in [2.24, 2.45) is 5.10 Å². The van der Waals surface area contributed by atoms with Crippen molar-refractivity contribution in [3.05, 3.63) is 129 Å². The zero-order valence-corrected chi connectivity index (χ0v) is 26.8. The zero-order chi connectivity index (χ0) is 32.9. The van der Waals surface area contributed by atoms with E-state index < -0.39 is 11.7 Å². The molecule has 6 aromatic rings. The average Bonchev–Trinajstić information content (AvgIpc) is 3.48. The molecule has 0 bridgehead atoms. The quantitative estimate of drug-likeness (QED) is 0.110. The van der Waals surface area contributed by atoms with E-state index >= 15 is 0 Å². The van der Waals surface area contributed by atoms with Gasteiger partial charge >= 0.3 is 0 Å². The van der Waals surface area contributed by atoms with Crippen LogP contribution in [-0.2, 0) is 11.2 Å². The predicted molar refractivity (Wildman–Crippen MR) is 184 cm³/mol. The van der Waals surface area contributed by atoms with Gasteiger partial charge < -0.3 is 19.2 Å². The largest absolute Gasteiger partial charge is 0.490 e. The number of benzene rings is 4. The number of amides is 1. The fourth-order valence-corrected chi connectivity index (χ4v) is 5.40. The summed E-state index contributed by atoms with van der Waals surface area (Å²) in [6, 6.07) is 23.8. The number of anilines is 1. The summed E-state index contributed by atoms with van der Waals surface area (Å²) in [6.07, 6.45) is 3.59. The van der Waals surface area contributed by atoms with Gasteiger partial charge in [0.25, 0.3) is 11.5 Å². The smallest absolute Gasteiger partial charge is 0.282 e. The first-order chi connectivity index (χ1) is 22.8. The van der Waals surface area contributed by atoms with E-state index in [1.165, 1.54) is 29.1 Å². The Morgan fingerprint density at radius 2 is 1.89 bits per heavy atom. The van der Waals surface area contributed by atoms with Crippen molar-refractivity contribution in [1.82, 2.24) is 9.66 Å². The summed E-state index contributed by atoms with van der Waals surface area (Å²) in [5.41, 5.74) is 2.08. The number of hydrogen-bond donors (Lipinski definition) is 1. The van der Waals surface area contributed by atoms with Crippen LogP contribution in [0.25, 0.3) is 33.5 Å².